The van der Waals surface area contributed by atoms with Gasteiger partial charge in [-0.25, -0.2) is 4.39 Å². The molecule has 5 nitrogen and oxygen atoms in total. The first kappa shape index (κ1) is 20.0. The van der Waals surface area contributed by atoms with E-state index in [1.54, 1.807) is 27.1 Å². The number of hydrogen-bond donors (Lipinski definition) is 2. The number of nitrogens with one attached hydrogen (secondary N) is 2. The zero-order valence-electron chi connectivity index (χ0n) is 16.8. The zero-order chi connectivity index (χ0) is 19.9. The molecule has 1 atom stereocenters. The van der Waals surface area contributed by atoms with Crippen LogP contribution >= 0.6 is 0 Å². The average Bonchev–Trinajstić information content (AvgIpc) is 3.20. The highest BCUT2D eigenvalue weighted by atomic mass is 19.1. The van der Waals surface area contributed by atoms with E-state index in [0.29, 0.717) is 18.0 Å². The zero-order valence-corrected chi connectivity index (χ0v) is 16.8. The second kappa shape index (κ2) is 9.44. The van der Waals surface area contributed by atoms with Gasteiger partial charge in [-0.1, -0.05) is 18.2 Å². The second-order valence-corrected chi connectivity index (χ2v) is 7.19. The molecule has 2 aromatic rings. The molecule has 0 spiro atoms. The molecule has 0 aliphatic carbocycles. The molecule has 1 heterocycles. The highest BCUT2D eigenvalue weighted by Crippen LogP contribution is 2.26. The van der Waals surface area contributed by atoms with Crippen LogP contribution in [0, 0.1) is 18.7 Å². The van der Waals surface area contributed by atoms with Crippen molar-refractivity contribution in [2.24, 2.45) is 10.9 Å². The Morgan fingerprint density at radius 2 is 2.11 bits per heavy atom. The van der Waals surface area contributed by atoms with Gasteiger partial charge in [0.25, 0.3) is 0 Å². The monoisotopic (exact) mass is 384 g/mol. The Morgan fingerprint density at radius 1 is 1.25 bits per heavy atom. The van der Waals surface area contributed by atoms with E-state index in [2.05, 4.69) is 32.7 Å². The van der Waals surface area contributed by atoms with E-state index < -0.39 is 0 Å². The minimum atomic E-state index is -0.173. The number of methoxy groups -OCH3 is 1. The topological polar surface area (TPSA) is 48.9 Å². The standard InChI is InChI=1S/C22H29FN4O/c1-16-11-17(7-8-21(16)23)13-25-22(24-2)26-14-18-9-10-27(15-18)19-5-4-6-20(12-19)28-3/h4-8,11-12,18H,9-10,13-15H2,1-3H3,(H2,24,25,26). The van der Waals surface area contributed by atoms with Crippen LogP contribution in [0.4, 0.5) is 10.1 Å². The van der Waals surface area contributed by atoms with Crippen LogP contribution < -0.4 is 20.3 Å². The van der Waals surface area contributed by atoms with Crippen molar-refractivity contribution < 1.29 is 9.13 Å². The van der Waals surface area contributed by atoms with Crippen molar-refractivity contribution in [1.29, 1.82) is 0 Å². The second-order valence-electron chi connectivity index (χ2n) is 7.19. The fourth-order valence-electron chi connectivity index (χ4n) is 3.51. The lowest BCUT2D eigenvalue weighted by atomic mass is 10.1. The third-order valence-electron chi connectivity index (χ3n) is 5.17. The Kier molecular flexibility index (Phi) is 6.74. The van der Waals surface area contributed by atoms with Gasteiger partial charge in [0.2, 0.25) is 0 Å². The molecule has 0 saturated carbocycles. The molecule has 0 bridgehead atoms. The summed E-state index contributed by atoms with van der Waals surface area (Å²) in [6.45, 7) is 5.30. The van der Waals surface area contributed by atoms with E-state index in [1.165, 1.54) is 11.8 Å². The van der Waals surface area contributed by atoms with Gasteiger partial charge >= 0.3 is 0 Å². The largest absolute Gasteiger partial charge is 0.497 e. The Bertz CT molecular complexity index is 824. The number of aryl methyl sites for hydroxylation is 1. The van der Waals surface area contributed by atoms with Crippen LogP contribution in [0.25, 0.3) is 0 Å². The SMILES string of the molecule is CN=C(NCc1ccc(F)c(C)c1)NCC1CCN(c2cccc(OC)c2)C1. The Balaban J connectivity index is 1.47. The van der Waals surface area contributed by atoms with Gasteiger partial charge in [-0.15, -0.1) is 0 Å². The number of ether oxygens (including phenoxy) is 1. The number of halogens is 1. The molecule has 2 aromatic carbocycles. The molecule has 6 heteroatoms. The summed E-state index contributed by atoms with van der Waals surface area (Å²) < 4.78 is 18.7. The lowest BCUT2D eigenvalue weighted by Gasteiger charge is -2.20. The summed E-state index contributed by atoms with van der Waals surface area (Å²) in [5.41, 5.74) is 2.90. The maximum atomic E-state index is 13.4. The maximum Gasteiger partial charge on any atom is 0.191 e. The van der Waals surface area contributed by atoms with Crippen LogP contribution in [-0.2, 0) is 6.54 Å². The molecule has 1 fully saturated rings. The number of guanidine groups is 1. The summed E-state index contributed by atoms with van der Waals surface area (Å²) >= 11 is 0. The van der Waals surface area contributed by atoms with Gasteiger partial charge in [-0.05, 0) is 48.6 Å². The third-order valence-corrected chi connectivity index (χ3v) is 5.17. The van der Waals surface area contributed by atoms with E-state index in [1.807, 2.05) is 18.2 Å². The molecule has 1 saturated heterocycles. The lowest BCUT2D eigenvalue weighted by Crippen LogP contribution is -2.40. The third kappa shape index (κ3) is 5.15. The van der Waals surface area contributed by atoms with Gasteiger partial charge in [-0.3, -0.25) is 4.99 Å². The summed E-state index contributed by atoms with van der Waals surface area (Å²) in [7, 11) is 3.46. The van der Waals surface area contributed by atoms with Crippen LogP contribution in [0.15, 0.2) is 47.5 Å². The predicted octanol–water partition coefficient (Wildman–Crippen LogP) is 3.33. The number of benzene rings is 2. The van der Waals surface area contributed by atoms with E-state index in [9.17, 15) is 4.39 Å². The molecule has 2 N–H and O–H groups in total. The summed E-state index contributed by atoms with van der Waals surface area (Å²) in [6.07, 6.45) is 1.14. The van der Waals surface area contributed by atoms with Crippen LogP contribution in [0.5, 0.6) is 5.75 Å². The van der Waals surface area contributed by atoms with Gasteiger partial charge in [0.1, 0.15) is 11.6 Å². The molecule has 1 aliphatic rings. The molecule has 0 radical (unpaired) electrons. The van der Waals surface area contributed by atoms with Gasteiger partial charge in [0.15, 0.2) is 5.96 Å². The number of hydrogen-bond acceptors (Lipinski definition) is 3. The molecular weight excluding hydrogens is 355 g/mol. The van der Waals surface area contributed by atoms with Gasteiger partial charge in [0.05, 0.1) is 7.11 Å². The predicted molar refractivity (Wildman–Crippen MR) is 113 cm³/mol. The lowest BCUT2D eigenvalue weighted by molar-refractivity contribution is 0.415. The minimum absolute atomic E-state index is 0.173. The molecule has 3 rings (SSSR count). The first-order valence-electron chi connectivity index (χ1n) is 9.67. The normalized spacial score (nSPS) is 16.9. The fraction of sp³-hybridized carbons (Fsp3) is 0.409. The van der Waals surface area contributed by atoms with Gasteiger partial charge in [-0.2, -0.15) is 0 Å². The van der Waals surface area contributed by atoms with Crippen molar-refractivity contribution in [2.75, 3.05) is 38.7 Å². The Hall–Kier alpha value is -2.76. The first-order valence-corrected chi connectivity index (χ1v) is 9.67. The Morgan fingerprint density at radius 3 is 2.86 bits per heavy atom. The number of aliphatic imine (C=N–C) groups is 1. The van der Waals surface area contributed by atoms with E-state index in [4.69, 9.17) is 4.74 Å². The van der Waals surface area contributed by atoms with Crippen LogP contribution in [0.1, 0.15) is 17.5 Å². The van der Waals surface area contributed by atoms with Gasteiger partial charge < -0.3 is 20.3 Å². The Labute approximate surface area is 166 Å². The first-order chi connectivity index (χ1) is 13.6. The van der Waals surface area contributed by atoms with Crippen molar-refractivity contribution in [3.8, 4) is 5.75 Å². The molecule has 28 heavy (non-hydrogen) atoms. The summed E-state index contributed by atoms with van der Waals surface area (Å²) in [5.74, 6) is 2.03. The number of anilines is 1. The molecular formula is C22H29FN4O. The summed E-state index contributed by atoms with van der Waals surface area (Å²) in [4.78, 5) is 6.69. The molecule has 1 unspecified atom stereocenters. The highest BCUT2D eigenvalue weighted by Gasteiger charge is 2.23. The van der Waals surface area contributed by atoms with Crippen molar-refractivity contribution in [3.63, 3.8) is 0 Å². The van der Waals surface area contributed by atoms with Gasteiger partial charge in [0, 0.05) is 45.0 Å². The van der Waals surface area contributed by atoms with Crippen molar-refractivity contribution in [2.45, 2.75) is 19.9 Å². The van der Waals surface area contributed by atoms with Crippen molar-refractivity contribution in [3.05, 3.63) is 59.4 Å². The molecule has 150 valence electrons. The van der Waals surface area contributed by atoms with Crippen molar-refractivity contribution in [1.82, 2.24) is 10.6 Å². The average molecular weight is 384 g/mol. The van der Waals surface area contributed by atoms with E-state index in [0.717, 1.165) is 43.3 Å². The molecule has 0 amide bonds. The fourth-order valence-corrected chi connectivity index (χ4v) is 3.51. The summed E-state index contributed by atoms with van der Waals surface area (Å²) in [5, 5.41) is 6.72. The molecule has 1 aliphatic heterocycles. The number of rotatable bonds is 6. The van der Waals surface area contributed by atoms with Crippen molar-refractivity contribution >= 4 is 11.6 Å². The smallest absolute Gasteiger partial charge is 0.191 e. The summed E-state index contributed by atoms with van der Waals surface area (Å²) in [6, 6.07) is 13.4. The molecule has 0 aromatic heterocycles. The highest BCUT2D eigenvalue weighted by molar-refractivity contribution is 5.79. The van der Waals surface area contributed by atoms with Crippen LogP contribution in [-0.4, -0.2) is 39.8 Å². The minimum Gasteiger partial charge on any atom is -0.497 e. The quantitative estimate of drug-likeness (QED) is 0.592. The maximum absolute atomic E-state index is 13.4. The number of nitrogens with zero attached hydrogens (tertiary/aromatic N) is 2. The van der Waals surface area contributed by atoms with E-state index in [-0.39, 0.29) is 5.82 Å². The van der Waals surface area contributed by atoms with Crippen LogP contribution in [0.3, 0.4) is 0 Å². The van der Waals surface area contributed by atoms with E-state index >= 15 is 0 Å². The van der Waals surface area contributed by atoms with Crippen LogP contribution in [0.2, 0.25) is 0 Å².